The summed E-state index contributed by atoms with van der Waals surface area (Å²) in [5, 5.41) is 5.85. The van der Waals surface area contributed by atoms with Crippen molar-refractivity contribution in [1.29, 1.82) is 0 Å². The fourth-order valence-electron chi connectivity index (χ4n) is 3.68. The van der Waals surface area contributed by atoms with Gasteiger partial charge < -0.3 is 9.47 Å². The van der Waals surface area contributed by atoms with Crippen LogP contribution in [0.25, 0.3) is 22.2 Å². The molecule has 5 rings (SSSR count). The maximum atomic E-state index is 6.21. The number of rotatable bonds is 7. The number of aryl methyl sites for hydroxylation is 1. The maximum absolute atomic E-state index is 6.21. The zero-order valence-corrected chi connectivity index (χ0v) is 20.3. The third kappa shape index (κ3) is 4.85. The highest BCUT2D eigenvalue weighted by atomic mass is 127. The van der Waals surface area contributed by atoms with Crippen molar-refractivity contribution in [3.63, 3.8) is 0 Å². The summed E-state index contributed by atoms with van der Waals surface area (Å²) in [5.74, 6) is 1.02. The molecule has 5 nitrogen and oxygen atoms in total. The molecular weight excluding hydrogens is 525 g/mol. The largest absolute Gasteiger partial charge is 0.473 e. The second-order valence-electron chi connectivity index (χ2n) is 7.68. The number of hydrogen-bond donors (Lipinski definition) is 0. The quantitative estimate of drug-likeness (QED) is 0.222. The van der Waals surface area contributed by atoms with Crippen LogP contribution in [-0.2, 0) is 20.3 Å². The zero-order valence-electron chi connectivity index (χ0n) is 18.1. The van der Waals surface area contributed by atoms with Gasteiger partial charge in [0.1, 0.15) is 18.9 Å². The Morgan fingerprint density at radius 2 is 1.45 bits per heavy atom. The van der Waals surface area contributed by atoms with Crippen LogP contribution in [0.4, 0.5) is 0 Å². The molecule has 2 heterocycles. The molecule has 0 radical (unpaired) electrons. The monoisotopic (exact) mass is 547 g/mol. The number of ether oxygens (including phenoxy) is 2. The number of pyridine rings is 1. The first-order valence-electron chi connectivity index (χ1n) is 10.6. The minimum atomic E-state index is 0.408. The van der Waals surface area contributed by atoms with Gasteiger partial charge in [0, 0.05) is 22.1 Å². The number of hydrogen-bond acceptors (Lipinski definition) is 4. The lowest BCUT2D eigenvalue weighted by atomic mass is 10.1. The molecule has 0 aliphatic rings. The fourth-order valence-corrected chi connectivity index (χ4v) is 4.16. The summed E-state index contributed by atoms with van der Waals surface area (Å²) in [6.07, 6.45) is 0. The molecule has 0 saturated heterocycles. The van der Waals surface area contributed by atoms with Crippen LogP contribution < -0.4 is 9.47 Å². The number of benzene rings is 3. The van der Waals surface area contributed by atoms with Crippen LogP contribution >= 0.6 is 22.6 Å². The van der Waals surface area contributed by atoms with E-state index in [1.165, 1.54) is 0 Å². The molecule has 164 valence electrons. The molecule has 0 spiro atoms. The first kappa shape index (κ1) is 21.5. The van der Waals surface area contributed by atoms with E-state index in [4.69, 9.17) is 19.6 Å². The predicted molar refractivity (Wildman–Crippen MR) is 138 cm³/mol. The van der Waals surface area contributed by atoms with E-state index in [0.29, 0.717) is 25.0 Å². The molecule has 0 bridgehead atoms. The minimum absolute atomic E-state index is 0.408. The Hall–Kier alpha value is -3.39. The lowest BCUT2D eigenvalue weighted by Crippen LogP contribution is -2.02. The van der Waals surface area contributed by atoms with Gasteiger partial charge in [-0.2, -0.15) is 10.1 Å². The third-order valence-electron chi connectivity index (χ3n) is 5.35. The van der Waals surface area contributed by atoms with Crippen molar-refractivity contribution in [3.05, 3.63) is 106 Å². The van der Waals surface area contributed by atoms with Crippen molar-refractivity contribution in [3.8, 4) is 23.0 Å². The maximum Gasteiger partial charge on any atom is 0.226 e. The van der Waals surface area contributed by atoms with Gasteiger partial charge in [-0.1, -0.05) is 60.7 Å². The Kier molecular flexibility index (Phi) is 6.26. The van der Waals surface area contributed by atoms with E-state index in [1.54, 1.807) is 0 Å². The van der Waals surface area contributed by atoms with Gasteiger partial charge in [-0.15, -0.1) is 0 Å². The van der Waals surface area contributed by atoms with Crippen LogP contribution in [0.1, 0.15) is 11.1 Å². The highest BCUT2D eigenvalue weighted by Crippen LogP contribution is 2.35. The van der Waals surface area contributed by atoms with E-state index < -0.39 is 0 Å². The Labute approximate surface area is 206 Å². The van der Waals surface area contributed by atoms with Gasteiger partial charge >= 0.3 is 0 Å². The molecule has 0 amide bonds. The van der Waals surface area contributed by atoms with E-state index in [1.807, 2.05) is 84.5 Å². The molecule has 3 aromatic carbocycles. The van der Waals surface area contributed by atoms with Crippen molar-refractivity contribution in [2.45, 2.75) is 13.2 Å². The second kappa shape index (κ2) is 9.62. The molecule has 0 N–H and O–H groups in total. The van der Waals surface area contributed by atoms with Crippen LogP contribution in [-0.4, -0.2) is 14.8 Å². The van der Waals surface area contributed by atoms with Gasteiger partial charge in [0.05, 0.1) is 11.1 Å². The number of aromatic nitrogens is 3. The molecule has 0 aliphatic heterocycles. The Balaban J connectivity index is 1.51. The molecule has 5 aromatic rings. The molecule has 0 fully saturated rings. The van der Waals surface area contributed by atoms with Crippen LogP contribution in [0.15, 0.2) is 91.0 Å². The summed E-state index contributed by atoms with van der Waals surface area (Å²) < 4.78 is 15.2. The van der Waals surface area contributed by atoms with E-state index in [2.05, 4.69) is 40.8 Å². The molecule has 0 unspecified atom stereocenters. The highest BCUT2D eigenvalue weighted by Gasteiger charge is 2.18. The van der Waals surface area contributed by atoms with Crippen molar-refractivity contribution in [2.75, 3.05) is 0 Å². The van der Waals surface area contributed by atoms with Crippen molar-refractivity contribution in [1.82, 2.24) is 14.8 Å². The van der Waals surface area contributed by atoms with Crippen molar-refractivity contribution >= 4 is 33.5 Å². The number of fused-ring (bicyclic) bond motifs is 1. The number of halogens is 1. The van der Waals surface area contributed by atoms with Crippen molar-refractivity contribution < 1.29 is 9.47 Å². The first-order chi connectivity index (χ1) is 16.2. The highest BCUT2D eigenvalue weighted by molar-refractivity contribution is 14.1. The molecule has 0 aliphatic carbocycles. The average Bonchev–Trinajstić information content (AvgIpc) is 3.18. The van der Waals surface area contributed by atoms with Crippen LogP contribution in [0, 0.1) is 3.57 Å². The van der Waals surface area contributed by atoms with E-state index >= 15 is 0 Å². The summed E-state index contributed by atoms with van der Waals surface area (Å²) >= 11 is 2.32. The van der Waals surface area contributed by atoms with Gasteiger partial charge in [-0.25, -0.2) is 0 Å². The molecule has 0 atom stereocenters. The van der Waals surface area contributed by atoms with Gasteiger partial charge in [-0.05, 0) is 58.0 Å². The normalized spacial score (nSPS) is 11.0. The third-order valence-corrected chi connectivity index (χ3v) is 6.02. The van der Waals surface area contributed by atoms with Crippen LogP contribution in [0.5, 0.6) is 11.8 Å². The Morgan fingerprint density at radius 3 is 2.15 bits per heavy atom. The van der Waals surface area contributed by atoms with Crippen LogP contribution in [0.2, 0.25) is 0 Å². The summed E-state index contributed by atoms with van der Waals surface area (Å²) in [6, 6.07) is 30.3. The zero-order chi connectivity index (χ0) is 22.6. The summed E-state index contributed by atoms with van der Waals surface area (Å²) in [4.78, 5) is 4.72. The van der Waals surface area contributed by atoms with E-state index in [0.717, 1.165) is 36.9 Å². The van der Waals surface area contributed by atoms with Gasteiger partial charge in [0.2, 0.25) is 11.8 Å². The van der Waals surface area contributed by atoms with Crippen molar-refractivity contribution in [2.24, 2.45) is 7.05 Å². The Morgan fingerprint density at radius 1 is 0.788 bits per heavy atom. The predicted octanol–water partition coefficient (Wildman–Crippen LogP) is 6.40. The summed E-state index contributed by atoms with van der Waals surface area (Å²) in [7, 11) is 1.96. The lowest BCUT2D eigenvalue weighted by Gasteiger charge is -2.12. The first-order valence-corrected chi connectivity index (χ1v) is 11.7. The van der Waals surface area contributed by atoms with Gasteiger partial charge in [0.25, 0.3) is 0 Å². The Bertz CT molecular complexity index is 1390. The smallest absolute Gasteiger partial charge is 0.226 e. The number of nitrogens with zero attached hydrogens (tertiary/aromatic N) is 3. The molecule has 33 heavy (non-hydrogen) atoms. The topological polar surface area (TPSA) is 49.2 Å². The van der Waals surface area contributed by atoms with E-state index in [-0.39, 0.29) is 0 Å². The van der Waals surface area contributed by atoms with Gasteiger partial charge in [0.15, 0.2) is 0 Å². The second-order valence-corrected chi connectivity index (χ2v) is 8.93. The average molecular weight is 547 g/mol. The van der Waals surface area contributed by atoms with E-state index in [9.17, 15) is 0 Å². The SMILES string of the molecule is Cn1nc(-c2ccc(OCc3ccccc3)nc2OCc2ccccc2)c2ccc(I)cc21. The minimum Gasteiger partial charge on any atom is -0.473 e. The molecule has 6 heteroatoms. The molecule has 2 aromatic heterocycles. The lowest BCUT2D eigenvalue weighted by molar-refractivity contribution is 0.268. The van der Waals surface area contributed by atoms with Crippen LogP contribution in [0.3, 0.4) is 0 Å². The molecule has 0 saturated carbocycles. The fraction of sp³-hybridized carbons (Fsp3) is 0.111. The standard InChI is InChI=1S/C27H22IN3O2/c1-31-24-16-21(28)12-13-22(24)26(30-31)23-14-15-25(32-17-19-8-4-2-5-9-19)29-27(23)33-18-20-10-6-3-7-11-20/h2-16H,17-18H2,1H3. The van der Waals surface area contributed by atoms with Gasteiger partial charge in [-0.3, -0.25) is 4.68 Å². The summed E-state index contributed by atoms with van der Waals surface area (Å²) in [5.41, 5.74) is 4.90. The summed E-state index contributed by atoms with van der Waals surface area (Å²) in [6.45, 7) is 0.849. The molecular formula is C27H22IN3O2.